The number of rotatable bonds is 3. The first kappa shape index (κ1) is 13.3. The monoisotopic (exact) mass is 281 g/mol. The van der Waals surface area contributed by atoms with Gasteiger partial charge in [0.05, 0.1) is 16.8 Å². The molecular formula is C16H15N3O2. The lowest BCUT2D eigenvalue weighted by atomic mass is 10.0. The summed E-state index contributed by atoms with van der Waals surface area (Å²) in [5.41, 5.74) is 3.74. The lowest BCUT2D eigenvalue weighted by Crippen LogP contribution is -1.98. The summed E-state index contributed by atoms with van der Waals surface area (Å²) >= 11 is 0. The van der Waals surface area contributed by atoms with Gasteiger partial charge in [0.25, 0.3) is 0 Å². The topological polar surface area (TPSA) is 68.0 Å². The minimum absolute atomic E-state index is 0.213. The lowest BCUT2D eigenvalue weighted by Gasteiger charge is -2.07. The molecule has 0 aliphatic heterocycles. The van der Waals surface area contributed by atoms with Crippen LogP contribution in [0.2, 0.25) is 0 Å². The number of benzene rings is 2. The highest BCUT2D eigenvalue weighted by Crippen LogP contribution is 2.20. The molecule has 3 rings (SSSR count). The van der Waals surface area contributed by atoms with E-state index in [-0.39, 0.29) is 5.56 Å². The Kier molecular flexibility index (Phi) is 3.17. The molecule has 21 heavy (non-hydrogen) atoms. The molecule has 2 aromatic carbocycles. The zero-order valence-corrected chi connectivity index (χ0v) is 11.8. The molecule has 0 saturated heterocycles. The highest BCUT2D eigenvalue weighted by molar-refractivity contribution is 5.92. The third-order valence-corrected chi connectivity index (χ3v) is 3.50. The Bertz CT molecular complexity index is 804. The summed E-state index contributed by atoms with van der Waals surface area (Å²) in [6.45, 7) is 4.29. The van der Waals surface area contributed by atoms with Gasteiger partial charge in [-0.1, -0.05) is 31.2 Å². The number of carboxylic acid groups (broad SMARTS) is 1. The summed E-state index contributed by atoms with van der Waals surface area (Å²) in [5.74, 6) is -0.489. The molecule has 5 nitrogen and oxygen atoms in total. The minimum atomic E-state index is -0.965. The van der Waals surface area contributed by atoms with Crippen molar-refractivity contribution in [2.24, 2.45) is 0 Å². The molecule has 1 aromatic heterocycles. The van der Waals surface area contributed by atoms with Crippen molar-refractivity contribution >= 4 is 17.0 Å². The van der Waals surface area contributed by atoms with Crippen LogP contribution in [0, 0.1) is 0 Å². The Morgan fingerprint density at radius 3 is 2.48 bits per heavy atom. The molecule has 0 radical (unpaired) electrons. The van der Waals surface area contributed by atoms with Gasteiger partial charge in [0.1, 0.15) is 5.52 Å². The van der Waals surface area contributed by atoms with Gasteiger partial charge in [0.2, 0.25) is 0 Å². The van der Waals surface area contributed by atoms with E-state index in [9.17, 15) is 4.79 Å². The Hall–Kier alpha value is -2.69. The van der Waals surface area contributed by atoms with Crippen molar-refractivity contribution in [3.8, 4) is 5.69 Å². The molecule has 0 amide bonds. The highest BCUT2D eigenvalue weighted by Gasteiger charge is 2.10. The Labute approximate surface area is 121 Å². The molecule has 0 aliphatic rings. The number of nitrogens with zero attached hydrogens (tertiary/aromatic N) is 3. The van der Waals surface area contributed by atoms with Crippen LogP contribution in [0.25, 0.3) is 16.7 Å². The third-order valence-electron chi connectivity index (χ3n) is 3.50. The van der Waals surface area contributed by atoms with E-state index in [1.54, 1.807) is 16.8 Å². The Morgan fingerprint density at radius 2 is 1.86 bits per heavy atom. The van der Waals surface area contributed by atoms with Crippen molar-refractivity contribution in [1.29, 1.82) is 0 Å². The summed E-state index contributed by atoms with van der Waals surface area (Å²) in [4.78, 5) is 11.0. The van der Waals surface area contributed by atoms with E-state index >= 15 is 0 Å². The number of aromatic nitrogens is 3. The Balaban J connectivity index is 2.06. The van der Waals surface area contributed by atoms with E-state index in [1.165, 1.54) is 11.6 Å². The van der Waals surface area contributed by atoms with Crippen molar-refractivity contribution in [2.75, 3.05) is 0 Å². The highest BCUT2D eigenvalue weighted by atomic mass is 16.4. The molecule has 0 aliphatic carbocycles. The van der Waals surface area contributed by atoms with Gasteiger partial charge >= 0.3 is 5.97 Å². The molecule has 5 heteroatoms. The molecule has 3 aromatic rings. The van der Waals surface area contributed by atoms with Gasteiger partial charge in [0.15, 0.2) is 0 Å². The third kappa shape index (κ3) is 2.38. The van der Waals surface area contributed by atoms with E-state index in [1.807, 2.05) is 12.1 Å². The van der Waals surface area contributed by atoms with Crippen molar-refractivity contribution in [3.63, 3.8) is 0 Å². The molecule has 106 valence electrons. The number of carbonyl (C=O) groups is 1. The van der Waals surface area contributed by atoms with Crippen LogP contribution in [0.15, 0.2) is 42.5 Å². The Morgan fingerprint density at radius 1 is 1.14 bits per heavy atom. The molecular weight excluding hydrogens is 266 g/mol. The average molecular weight is 281 g/mol. The van der Waals surface area contributed by atoms with Crippen molar-refractivity contribution in [3.05, 3.63) is 53.6 Å². The number of aromatic carboxylic acids is 1. The second kappa shape index (κ2) is 5.01. The summed E-state index contributed by atoms with van der Waals surface area (Å²) in [5, 5.41) is 17.2. The maximum atomic E-state index is 11.0. The van der Waals surface area contributed by atoms with Crippen molar-refractivity contribution in [2.45, 2.75) is 19.8 Å². The number of hydrogen-bond acceptors (Lipinski definition) is 3. The van der Waals surface area contributed by atoms with Crippen LogP contribution in [0.1, 0.15) is 35.7 Å². The van der Waals surface area contributed by atoms with Crippen LogP contribution in [0.3, 0.4) is 0 Å². The zero-order valence-electron chi connectivity index (χ0n) is 11.8. The van der Waals surface area contributed by atoms with Crippen LogP contribution in [-0.4, -0.2) is 26.1 Å². The zero-order chi connectivity index (χ0) is 15.0. The van der Waals surface area contributed by atoms with Crippen LogP contribution in [0.5, 0.6) is 0 Å². The number of hydrogen-bond donors (Lipinski definition) is 1. The first-order valence-corrected chi connectivity index (χ1v) is 6.75. The molecule has 0 saturated carbocycles. The summed E-state index contributed by atoms with van der Waals surface area (Å²) < 4.78 is 1.71. The standard InChI is InChI=1S/C16H15N3O2/c1-10(2)11-3-6-13(7-4-11)19-15-8-5-12(16(20)21)9-14(15)17-18-19/h3-10H,1-2H3,(H,20,21). The number of fused-ring (bicyclic) bond motifs is 1. The van der Waals surface area contributed by atoms with E-state index in [4.69, 9.17) is 5.11 Å². The fourth-order valence-corrected chi connectivity index (χ4v) is 2.25. The molecule has 0 bridgehead atoms. The fourth-order valence-electron chi connectivity index (χ4n) is 2.25. The second-order valence-corrected chi connectivity index (χ2v) is 5.26. The van der Waals surface area contributed by atoms with Crippen LogP contribution in [-0.2, 0) is 0 Å². The molecule has 0 spiro atoms. The van der Waals surface area contributed by atoms with Crippen molar-refractivity contribution in [1.82, 2.24) is 15.0 Å². The van der Waals surface area contributed by atoms with Crippen molar-refractivity contribution < 1.29 is 9.90 Å². The maximum absolute atomic E-state index is 11.0. The fraction of sp³-hybridized carbons (Fsp3) is 0.188. The van der Waals surface area contributed by atoms with Gasteiger partial charge in [-0.15, -0.1) is 5.10 Å². The SMILES string of the molecule is CC(C)c1ccc(-n2nnc3cc(C(=O)O)ccc32)cc1. The van der Waals surface area contributed by atoms with E-state index in [2.05, 4.69) is 36.3 Å². The molecule has 0 fully saturated rings. The summed E-state index contributed by atoms with van der Waals surface area (Å²) in [6.07, 6.45) is 0. The normalized spacial score (nSPS) is 11.2. The first-order valence-electron chi connectivity index (χ1n) is 6.75. The van der Waals surface area contributed by atoms with Gasteiger partial charge in [-0.2, -0.15) is 0 Å². The molecule has 0 unspecified atom stereocenters. The average Bonchev–Trinajstić information content (AvgIpc) is 2.90. The predicted molar refractivity (Wildman–Crippen MR) is 79.9 cm³/mol. The first-order chi connectivity index (χ1) is 10.1. The largest absolute Gasteiger partial charge is 0.478 e. The van der Waals surface area contributed by atoms with Gasteiger partial charge in [-0.25, -0.2) is 9.48 Å². The van der Waals surface area contributed by atoms with E-state index in [0.29, 0.717) is 11.4 Å². The molecule has 1 N–H and O–H groups in total. The maximum Gasteiger partial charge on any atom is 0.335 e. The van der Waals surface area contributed by atoms with E-state index < -0.39 is 5.97 Å². The van der Waals surface area contributed by atoms with Crippen LogP contribution >= 0.6 is 0 Å². The smallest absolute Gasteiger partial charge is 0.335 e. The van der Waals surface area contributed by atoms with Crippen LogP contribution < -0.4 is 0 Å². The van der Waals surface area contributed by atoms with Gasteiger partial charge in [0, 0.05) is 0 Å². The quantitative estimate of drug-likeness (QED) is 0.800. The lowest BCUT2D eigenvalue weighted by molar-refractivity contribution is 0.0697. The van der Waals surface area contributed by atoms with E-state index in [0.717, 1.165) is 11.2 Å². The second-order valence-electron chi connectivity index (χ2n) is 5.26. The minimum Gasteiger partial charge on any atom is -0.478 e. The van der Waals surface area contributed by atoms with Crippen LogP contribution in [0.4, 0.5) is 0 Å². The number of carboxylic acids is 1. The van der Waals surface area contributed by atoms with Gasteiger partial charge in [-0.3, -0.25) is 0 Å². The summed E-state index contributed by atoms with van der Waals surface area (Å²) in [6, 6.07) is 13.0. The van der Waals surface area contributed by atoms with Gasteiger partial charge in [-0.05, 0) is 41.8 Å². The predicted octanol–water partition coefficient (Wildman–Crippen LogP) is 3.24. The summed E-state index contributed by atoms with van der Waals surface area (Å²) in [7, 11) is 0. The van der Waals surface area contributed by atoms with Gasteiger partial charge < -0.3 is 5.11 Å². The molecule has 1 heterocycles. The molecule has 0 atom stereocenters.